The number of carbonyl (C=O) groups excluding carboxylic acids is 10. The van der Waals surface area contributed by atoms with Crippen LogP contribution in [-0.4, -0.2) is 289 Å². The molecular formula is C66H116N8O24. The van der Waals surface area contributed by atoms with Crippen LogP contribution in [-0.2, 0) is 105 Å². The van der Waals surface area contributed by atoms with Crippen LogP contribution >= 0.6 is 0 Å². The summed E-state index contributed by atoms with van der Waals surface area (Å²) in [4.78, 5) is 126. The third kappa shape index (κ3) is 47.3. The van der Waals surface area contributed by atoms with E-state index in [1.165, 1.54) is 7.11 Å². The Hall–Kier alpha value is -5.76. The minimum Gasteiger partial charge on any atom is -0.385 e. The number of nitrogens with two attached hydrogens (primary N) is 3. The molecule has 0 saturated carbocycles. The summed E-state index contributed by atoms with van der Waals surface area (Å²) in [5, 5.41) is 11.3. The molecule has 0 aromatic heterocycles. The molecule has 98 heavy (non-hydrogen) atoms. The standard InChI is InChI=1S/C37H57N3O13.C29H55N3O11.H4N2/c1-47-18-6-8-29(41)12-20-51-26-37(27-52-21-13-30(42)9-7-19-48-2,28-53-23-14-33(43)38-16-24-49-3)39-34(44)15-22-50-25-17-40-35(45)31-10-4-5-11-32(31)36(40)46;1-37-14-4-6-25(33)8-16-41-22-29(32-28(36)11-18-40-20-12-30,23-42-17-9-26(34)7-5-15-38-2)24-43-19-10-27(35)31-13-21-39-3;1-2/h4-5,10-11H,6-9,12-28H2,1-3H3,(H,38,43)(H,39,44);4-24,30H2,1-3H3,(H,31,35)(H,32,36);1-2H2. The van der Waals surface area contributed by atoms with E-state index in [1.807, 2.05) is 0 Å². The first kappa shape index (κ1) is 92.2. The van der Waals surface area contributed by atoms with Crippen LogP contribution < -0.4 is 38.7 Å². The Bertz CT molecular complexity index is 2160. The molecule has 1 heterocycles. The van der Waals surface area contributed by atoms with Crippen molar-refractivity contribution in [2.24, 2.45) is 17.4 Å². The van der Waals surface area contributed by atoms with Gasteiger partial charge in [-0.25, -0.2) is 0 Å². The van der Waals surface area contributed by atoms with Gasteiger partial charge in [0.1, 0.15) is 34.2 Å². The number of hydrazine groups is 1. The SMILES string of the molecule is COCCCC(=O)CCOCC(COCCC(=O)CCCOC)(COCCC(=O)NCCOC)NC(=O)CCOCCN.COCCCC(=O)CCOCC(COCCC(=O)CCCOC)(COCCC(=O)NCCOC)NC(=O)CCOCCN1C(=O)c2ccccc2C1=O.NN. The van der Waals surface area contributed by atoms with Crippen molar-refractivity contribution < 1.29 is 114 Å². The Morgan fingerprint density at radius 2 is 0.633 bits per heavy atom. The lowest BCUT2D eigenvalue weighted by atomic mass is 10.0. The highest BCUT2D eigenvalue weighted by molar-refractivity contribution is 6.21. The molecule has 564 valence electrons. The molecule has 0 aliphatic carbocycles. The average Bonchev–Trinajstić information content (AvgIpc) is 1.64. The van der Waals surface area contributed by atoms with Crippen LogP contribution in [0.15, 0.2) is 24.3 Å². The number of nitrogens with one attached hydrogen (secondary N) is 4. The zero-order chi connectivity index (χ0) is 72.8. The third-order valence-corrected chi connectivity index (χ3v) is 14.1. The Kier molecular flexibility index (Phi) is 58.6. The van der Waals surface area contributed by atoms with Crippen LogP contribution in [0.2, 0.25) is 0 Å². The quantitative estimate of drug-likeness (QED) is 0.0202. The van der Waals surface area contributed by atoms with Gasteiger partial charge in [-0.1, -0.05) is 12.1 Å². The van der Waals surface area contributed by atoms with Crippen LogP contribution in [0.25, 0.3) is 0 Å². The molecule has 1 aromatic carbocycles. The number of imide groups is 1. The summed E-state index contributed by atoms with van der Waals surface area (Å²) < 4.78 is 76.1. The predicted octanol–water partition coefficient (Wildman–Crippen LogP) is 0.518. The van der Waals surface area contributed by atoms with Gasteiger partial charge in [0.15, 0.2) is 0 Å². The van der Waals surface area contributed by atoms with Crippen molar-refractivity contribution in [3.8, 4) is 0 Å². The topological polar surface area (TPSA) is 429 Å². The van der Waals surface area contributed by atoms with Gasteiger partial charge >= 0.3 is 0 Å². The second kappa shape index (κ2) is 62.3. The number of benzene rings is 1. The Balaban J connectivity index is 0.00000191. The summed E-state index contributed by atoms with van der Waals surface area (Å²) in [6, 6.07) is 6.59. The number of hydrogen-bond donors (Lipinski definition) is 7. The van der Waals surface area contributed by atoms with Crippen molar-refractivity contribution in [3.63, 3.8) is 0 Å². The molecule has 1 aliphatic rings. The Morgan fingerprint density at radius 1 is 0.357 bits per heavy atom. The van der Waals surface area contributed by atoms with Crippen LogP contribution in [0.1, 0.15) is 123 Å². The van der Waals surface area contributed by atoms with E-state index in [0.29, 0.717) is 128 Å². The van der Waals surface area contributed by atoms with Crippen molar-refractivity contribution in [2.75, 3.05) is 214 Å². The summed E-state index contributed by atoms with van der Waals surface area (Å²) in [6.45, 7) is 4.59. The predicted molar refractivity (Wildman–Crippen MR) is 359 cm³/mol. The number of hydrogen-bond acceptors (Lipinski definition) is 27. The van der Waals surface area contributed by atoms with Gasteiger partial charge < -0.3 is 93.3 Å². The molecule has 0 saturated heterocycles. The van der Waals surface area contributed by atoms with Crippen molar-refractivity contribution in [3.05, 3.63) is 35.4 Å². The minimum atomic E-state index is -1.25. The van der Waals surface area contributed by atoms with Crippen molar-refractivity contribution in [1.82, 2.24) is 26.2 Å². The molecule has 0 spiro atoms. The van der Waals surface area contributed by atoms with Gasteiger partial charge in [-0.2, -0.15) is 0 Å². The molecule has 0 radical (unpaired) electrons. The van der Waals surface area contributed by atoms with E-state index in [4.69, 9.17) is 72.0 Å². The highest BCUT2D eigenvalue weighted by Crippen LogP contribution is 2.22. The molecule has 32 nitrogen and oxygen atoms in total. The average molecular weight is 1410 g/mol. The number of carbonyl (C=O) groups is 10. The molecule has 0 fully saturated rings. The van der Waals surface area contributed by atoms with Gasteiger partial charge in [0, 0.05) is 166 Å². The first-order valence-corrected chi connectivity index (χ1v) is 33.2. The zero-order valence-electron chi connectivity index (χ0n) is 59.0. The van der Waals surface area contributed by atoms with E-state index in [2.05, 4.69) is 33.0 Å². The van der Waals surface area contributed by atoms with Gasteiger partial charge in [0.05, 0.1) is 137 Å². The van der Waals surface area contributed by atoms with Crippen LogP contribution in [0.4, 0.5) is 0 Å². The van der Waals surface area contributed by atoms with Crippen molar-refractivity contribution in [1.29, 1.82) is 0 Å². The third-order valence-electron chi connectivity index (χ3n) is 14.1. The molecule has 10 N–H and O–H groups in total. The van der Waals surface area contributed by atoms with Gasteiger partial charge in [0.2, 0.25) is 23.6 Å². The zero-order valence-corrected chi connectivity index (χ0v) is 59.0. The van der Waals surface area contributed by atoms with E-state index in [9.17, 15) is 47.9 Å². The second-order valence-corrected chi connectivity index (χ2v) is 22.5. The molecule has 1 aliphatic heterocycles. The normalized spacial score (nSPS) is 11.9. The van der Waals surface area contributed by atoms with Crippen molar-refractivity contribution >= 4 is 58.6 Å². The van der Waals surface area contributed by atoms with Crippen LogP contribution in [0.5, 0.6) is 0 Å². The fourth-order valence-electron chi connectivity index (χ4n) is 8.99. The highest BCUT2D eigenvalue weighted by Gasteiger charge is 2.37. The maximum absolute atomic E-state index is 13.3. The fourth-order valence-corrected chi connectivity index (χ4v) is 8.99. The van der Waals surface area contributed by atoms with Gasteiger partial charge in [-0.05, 0) is 37.8 Å². The summed E-state index contributed by atoms with van der Waals surface area (Å²) in [5.41, 5.74) is 3.75. The fraction of sp³-hybridized carbons (Fsp3) is 0.758. The molecule has 32 heteroatoms. The maximum atomic E-state index is 13.3. The molecule has 6 amide bonds. The van der Waals surface area contributed by atoms with Crippen molar-refractivity contribution in [2.45, 2.75) is 114 Å². The molecule has 1 aromatic rings. The van der Waals surface area contributed by atoms with Gasteiger partial charge in [0.25, 0.3) is 11.8 Å². The summed E-state index contributed by atoms with van der Waals surface area (Å²) in [7, 11) is 9.39. The number of nitrogens with zero attached hydrogens (tertiary/aromatic N) is 1. The first-order valence-electron chi connectivity index (χ1n) is 33.2. The smallest absolute Gasteiger partial charge is 0.261 e. The number of ketones is 4. The van der Waals surface area contributed by atoms with E-state index in [0.717, 1.165) is 4.90 Å². The second-order valence-electron chi connectivity index (χ2n) is 22.5. The molecule has 0 unspecified atom stereocenters. The van der Waals surface area contributed by atoms with Gasteiger partial charge in [-0.3, -0.25) is 64.5 Å². The molecule has 2 rings (SSSR count). The first-order chi connectivity index (χ1) is 47.5. The monoisotopic (exact) mass is 1400 g/mol. The number of amides is 6. The number of rotatable bonds is 65. The Morgan fingerprint density at radius 3 is 0.929 bits per heavy atom. The summed E-state index contributed by atoms with van der Waals surface area (Å²) in [6.07, 6.45) is 4.82. The highest BCUT2D eigenvalue weighted by atomic mass is 16.5. The molecular weight excluding hydrogens is 1290 g/mol. The van der Waals surface area contributed by atoms with E-state index in [-0.39, 0.29) is 198 Å². The van der Waals surface area contributed by atoms with E-state index in [1.54, 1.807) is 59.8 Å². The Labute approximate surface area is 577 Å². The number of methoxy groups -OCH3 is 6. The lowest BCUT2D eigenvalue weighted by Crippen LogP contribution is -2.59. The van der Waals surface area contributed by atoms with E-state index < -0.39 is 28.8 Å². The molecule has 0 atom stereocenters. The van der Waals surface area contributed by atoms with E-state index >= 15 is 0 Å². The number of fused-ring (bicyclic) bond motifs is 1. The summed E-state index contributed by atoms with van der Waals surface area (Å²) in [5.74, 6) is 6.14. The van der Waals surface area contributed by atoms with Crippen LogP contribution in [0.3, 0.4) is 0 Å². The van der Waals surface area contributed by atoms with Crippen LogP contribution in [0, 0.1) is 0 Å². The lowest BCUT2D eigenvalue weighted by molar-refractivity contribution is -0.131. The number of Topliss-reactive ketones (excluding diaryl/α,β-unsaturated/α-hetero) is 4. The lowest BCUT2D eigenvalue weighted by Gasteiger charge is -2.34. The minimum absolute atomic E-state index is 0.00835. The summed E-state index contributed by atoms with van der Waals surface area (Å²) >= 11 is 0. The number of ether oxygens (including phenoxy) is 14. The largest absolute Gasteiger partial charge is 0.385 e. The molecule has 0 bridgehead atoms. The maximum Gasteiger partial charge on any atom is 0.261 e. The van der Waals surface area contributed by atoms with Gasteiger partial charge in [-0.15, -0.1) is 0 Å².